The summed E-state index contributed by atoms with van der Waals surface area (Å²) in [6, 6.07) is 3.52. The molecule has 0 atom stereocenters. The van der Waals surface area contributed by atoms with E-state index in [2.05, 4.69) is 5.32 Å². The van der Waals surface area contributed by atoms with Gasteiger partial charge >= 0.3 is 5.97 Å². The predicted octanol–water partition coefficient (Wildman–Crippen LogP) is 2.03. The molecule has 1 aliphatic rings. The van der Waals surface area contributed by atoms with Crippen molar-refractivity contribution in [1.82, 2.24) is 5.32 Å². The molecule has 1 N–H and O–H groups in total. The molecule has 1 heterocycles. The molecule has 0 saturated carbocycles. The zero-order valence-corrected chi connectivity index (χ0v) is 12.9. The van der Waals surface area contributed by atoms with Crippen LogP contribution >= 0.6 is 0 Å². The van der Waals surface area contributed by atoms with E-state index in [1.807, 2.05) is 6.07 Å². The third-order valence-corrected chi connectivity index (χ3v) is 3.94. The van der Waals surface area contributed by atoms with Gasteiger partial charge in [-0.05, 0) is 56.0 Å². The van der Waals surface area contributed by atoms with Gasteiger partial charge in [0.1, 0.15) is 0 Å². The van der Waals surface area contributed by atoms with E-state index in [0.717, 1.165) is 37.9 Å². The lowest BCUT2D eigenvalue weighted by Gasteiger charge is -2.24. The van der Waals surface area contributed by atoms with Crippen molar-refractivity contribution < 1.29 is 19.0 Å². The van der Waals surface area contributed by atoms with Crippen LogP contribution < -0.4 is 14.8 Å². The molecule has 0 aliphatic carbocycles. The van der Waals surface area contributed by atoms with Gasteiger partial charge in [-0.1, -0.05) is 0 Å². The molecule has 1 aromatic rings. The van der Waals surface area contributed by atoms with Crippen LogP contribution in [0.4, 0.5) is 0 Å². The summed E-state index contributed by atoms with van der Waals surface area (Å²) in [4.78, 5) is 11.8. The number of carbonyl (C=O) groups is 1. The van der Waals surface area contributed by atoms with Crippen molar-refractivity contribution >= 4 is 5.97 Å². The van der Waals surface area contributed by atoms with E-state index in [1.165, 1.54) is 7.11 Å². The fourth-order valence-electron chi connectivity index (χ4n) is 2.83. The Morgan fingerprint density at radius 1 is 1.19 bits per heavy atom. The lowest BCUT2D eigenvalue weighted by Crippen LogP contribution is -2.28. The normalized spacial score (nSPS) is 15.6. The first-order valence-corrected chi connectivity index (χ1v) is 7.23. The summed E-state index contributed by atoms with van der Waals surface area (Å²) in [5.74, 6) is 1.52. The molecule has 5 nitrogen and oxygen atoms in total. The second-order valence-electron chi connectivity index (χ2n) is 5.26. The van der Waals surface area contributed by atoms with Crippen molar-refractivity contribution in [1.29, 1.82) is 0 Å². The summed E-state index contributed by atoms with van der Waals surface area (Å²) >= 11 is 0. The Hall–Kier alpha value is -1.75. The van der Waals surface area contributed by atoms with E-state index in [9.17, 15) is 4.79 Å². The number of methoxy groups -OCH3 is 3. The molecule has 1 aliphatic heterocycles. The highest BCUT2D eigenvalue weighted by molar-refractivity contribution is 5.90. The van der Waals surface area contributed by atoms with Gasteiger partial charge in [-0.3, -0.25) is 0 Å². The molecule has 0 bridgehead atoms. The molecule has 0 amide bonds. The molecule has 116 valence electrons. The first-order valence-electron chi connectivity index (χ1n) is 7.23. The number of carbonyl (C=O) groups excluding carboxylic acids is 1. The zero-order chi connectivity index (χ0) is 15.2. The third kappa shape index (κ3) is 3.67. The lowest BCUT2D eigenvalue weighted by atomic mass is 9.90. The monoisotopic (exact) mass is 293 g/mol. The maximum Gasteiger partial charge on any atom is 0.337 e. The van der Waals surface area contributed by atoms with Crippen molar-refractivity contribution in [3.05, 3.63) is 23.3 Å². The fourth-order valence-corrected chi connectivity index (χ4v) is 2.83. The van der Waals surface area contributed by atoms with Crippen LogP contribution in [0.3, 0.4) is 0 Å². The van der Waals surface area contributed by atoms with E-state index in [0.29, 0.717) is 23.0 Å². The van der Waals surface area contributed by atoms with Gasteiger partial charge < -0.3 is 19.5 Å². The molecule has 1 saturated heterocycles. The highest BCUT2D eigenvalue weighted by Crippen LogP contribution is 2.35. The molecular weight excluding hydrogens is 270 g/mol. The number of hydrogen-bond donors (Lipinski definition) is 1. The SMILES string of the molecule is COC(=O)c1cc(CC2CCNCC2)c(OC)c(OC)c1. The first-order chi connectivity index (χ1) is 10.2. The van der Waals surface area contributed by atoms with Gasteiger partial charge in [-0.25, -0.2) is 4.79 Å². The average Bonchev–Trinajstić information content (AvgIpc) is 2.54. The molecule has 1 fully saturated rings. The molecule has 5 heteroatoms. The molecule has 0 spiro atoms. The minimum absolute atomic E-state index is 0.359. The smallest absolute Gasteiger partial charge is 0.337 e. The Bertz CT molecular complexity index is 495. The molecule has 0 aromatic heterocycles. The van der Waals surface area contributed by atoms with Crippen molar-refractivity contribution in [2.24, 2.45) is 5.92 Å². The van der Waals surface area contributed by atoms with E-state index in [-0.39, 0.29) is 5.97 Å². The molecule has 0 radical (unpaired) electrons. The number of esters is 1. The quantitative estimate of drug-likeness (QED) is 0.842. The molecule has 1 aromatic carbocycles. The summed E-state index contributed by atoms with van der Waals surface area (Å²) in [7, 11) is 4.58. The van der Waals surface area contributed by atoms with E-state index in [1.54, 1.807) is 20.3 Å². The highest BCUT2D eigenvalue weighted by Gasteiger charge is 2.20. The highest BCUT2D eigenvalue weighted by atomic mass is 16.5. The van der Waals surface area contributed by atoms with Crippen molar-refractivity contribution in [3.8, 4) is 11.5 Å². The van der Waals surface area contributed by atoms with Gasteiger partial charge in [-0.2, -0.15) is 0 Å². The lowest BCUT2D eigenvalue weighted by molar-refractivity contribution is 0.0600. The van der Waals surface area contributed by atoms with Crippen LogP contribution in [0.25, 0.3) is 0 Å². The van der Waals surface area contributed by atoms with Crippen molar-refractivity contribution in [3.63, 3.8) is 0 Å². The van der Waals surface area contributed by atoms with Crippen LogP contribution in [0.2, 0.25) is 0 Å². The maximum atomic E-state index is 11.8. The number of hydrogen-bond acceptors (Lipinski definition) is 5. The zero-order valence-electron chi connectivity index (χ0n) is 12.9. The van der Waals surface area contributed by atoms with Gasteiger partial charge in [0.05, 0.1) is 26.9 Å². The van der Waals surface area contributed by atoms with Crippen LogP contribution in [0.15, 0.2) is 12.1 Å². The molecule has 21 heavy (non-hydrogen) atoms. The third-order valence-electron chi connectivity index (χ3n) is 3.94. The number of rotatable bonds is 5. The van der Waals surface area contributed by atoms with Crippen LogP contribution in [0, 0.1) is 5.92 Å². The standard InChI is InChI=1S/C16H23NO4/c1-19-14-10-13(16(18)21-3)9-12(15(14)20-2)8-11-4-6-17-7-5-11/h9-11,17H,4-8H2,1-3H3. The number of benzene rings is 1. The van der Waals surface area contributed by atoms with Crippen LogP contribution in [-0.4, -0.2) is 40.4 Å². The second-order valence-corrected chi connectivity index (χ2v) is 5.26. The first kappa shape index (κ1) is 15.6. The topological polar surface area (TPSA) is 56.8 Å². The average molecular weight is 293 g/mol. The minimum atomic E-state index is -0.359. The van der Waals surface area contributed by atoms with Crippen molar-refractivity contribution in [2.45, 2.75) is 19.3 Å². The number of ether oxygens (including phenoxy) is 3. The van der Waals surface area contributed by atoms with Gasteiger partial charge in [-0.15, -0.1) is 0 Å². The molecule has 0 unspecified atom stereocenters. The summed E-state index contributed by atoms with van der Waals surface area (Å²) in [6.45, 7) is 2.08. The summed E-state index contributed by atoms with van der Waals surface area (Å²) < 4.78 is 15.6. The Morgan fingerprint density at radius 3 is 2.48 bits per heavy atom. The Kier molecular flexibility index (Phi) is 5.44. The maximum absolute atomic E-state index is 11.8. The van der Waals surface area contributed by atoms with Crippen LogP contribution in [0.1, 0.15) is 28.8 Å². The van der Waals surface area contributed by atoms with Gasteiger partial charge in [0.25, 0.3) is 0 Å². The largest absolute Gasteiger partial charge is 0.493 e. The van der Waals surface area contributed by atoms with Gasteiger partial charge in [0.15, 0.2) is 11.5 Å². The van der Waals surface area contributed by atoms with Gasteiger partial charge in [0, 0.05) is 0 Å². The number of piperidine rings is 1. The van der Waals surface area contributed by atoms with Gasteiger partial charge in [0.2, 0.25) is 0 Å². The van der Waals surface area contributed by atoms with Crippen LogP contribution in [-0.2, 0) is 11.2 Å². The second kappa shape index (κ2) is 7.31. The molecular formula is C16H23NO4. The summed E-state index contributed by atoms with van der Waals surface area (Å²) in [5.41, 5.74) is 1.50. The van der Waals surface area contributed by atoms with E-state index >= 15 is 0 Å². The Morgan fingerprint density at radius 2 is 1.90 bits per heavy atom. The molecule has 2 rings (SSSR count). The van der Waals surface area contributed by atoms with E-state index in [4.69, 9.17) is 14.2 Å². The Balaban J connectivity index is 2.33. The fraction of sp³-hybridized carbons (Fsp3) is 0.562. The number of nitrogens with one attached hydrogen (secondary N) is 1. The minimum Gasteiger partial charge on any atom is -0.493 e. The van der Waals surface area contributed by atoms with Crippen LogP contribution in [0.5, 0.6) is 11.5 Å². The summed E-state index contributed by atoms with van der Waals surface area (Å²) in [6.07, 6.45) is 3.15. The van der Waals surface area contributed by atoms with E-state index < -0.39 is 0 Å². The predicted molar refractivity (Wildman–Crippen MR) is 80.2 cm³/mol. The summed E-state index contributed by atoms with van der Waals surface area (Å²) in [5, 5.41) is 3.36. The Labute approximate surface area is 125 Å². The van der Waals surface area contributed by atoms with Crippen molar-refractivity contribution in [2.75, 3.05) is 34.4 Å².